The zero-order valence-electron chi connectivity index (χ0n) is 16.1. The Labute approximate surface area is 155 Å². The molecule has 0 aromatic carbocycles. The van der Waals surface area contributed by atoms with E-state index in [9.17, 15) is 9.59 Å². The minimum absolute atomic E-state index is 0.0178. The van der Waals surface area contributed by atoms with E-state index in [1.807, 2.05) is 17.7 Å². The summed E-state index contributed by atoms with van der Waals surface area (Å²) in [6, 6.07) is 1.34. The number of aryl methyl sites for hydroxylation is 2. The number of fused-ring (bicyclic) bond motifs is 1. The topological polar surface area (TPSA) is 73.7 Å². The van der Waals surface area contributed by atoms with Crippen molar-refractivity contribution in [3.8, 4) is 0 Å². The zero-order chi connectivity index (χ0) is 18.7. The van der Waals surface area contributed by atoms with E-state index in [1.54, 1.807) is 11.8 Å². The SMILES string of the molecule is CCN1CCN(CCNC(=O)C(C)N2C(=O)CCn3nc(C)cc32)CC1. The van der Waals surface area contributed by atoms with Crippen molar-refractivity contribution in [3.05, 3.63) is 11.8 Å². The highest BCUT2D eigenvalue weighted by molar-refractivity contribution is 6.00. The van der Waals surface area contributed by atoms with Gasteiger partial charge in [-0.2, -0.15) is 5.10 Å². The van der Waals surface area contributed by atoms with Gasteiger partial charge in [0.15, 0.2) is 0 Å². The second kappa shape index (κ2) is 8.18. The number of amides is 2. The summed E-state index contributed by atoms with van der Waals surface area (Å²) in [6.45, 7) is 13.3. The van der Waals surface area contributed by atoms with Gasteiger partial charge in [0.2, 0.25) is 11.8 Å². The molecule has 1 fully saturated rings. The normalized spacial score (nSPS) is 20.1. The van der Waals surface area contributed by atoms with Crippen LogP contribution >= 0.6 is 0 Å². The van der Waals surface area contributed by atoms with Crippen LogP contribution in [0.1, 0.15) is 26.0 Å². The maximum atomic E-state index is 12.6. The molecular formula is C18H30N6O2. The standard InChI is InChI=1S/C18H30N6O2/c1-4-21-9-11-22(12-10-21)8-6-19-18(26)15(3)24-16-13-14(2)20-23(16)7-5-17(24)25/h13,15H,4-12H2,1-3H3,(H,19,26). The Balaban J connectivity index is 1.51. The predicted molar refractivity (Wildman–Crippen MR) is 100 cm³/mol. The first kappa shape index (κ1) is 18.8. The van der Waals surface area contributed by atoms with Gasteiger partial charge < -0.3 is 10.2 Å². The molecule has 26 heavy (non-hydrogen) atoms. The average Bonchev–Trinajstić information content (AvgIpc) is 3.01. The lowest BCUT2D eigenvalue weighted by molar-refractivity contribution is -0.126. The van der Waals surface area contributed by atoms with Crippen LogP contribution in [-0.2, 0) is 16.1 Å². The van der Waals surface area contributed by atoms with Gasteiger partial charge in [-0.15, -0.1) is 0 Å². The van der Waals surface area contributed by atoms with Crippen LogP contribution in [0.25, 0.3) is 0 Å². The highest BCUT2D eigenvalue weighted by Gasteiger charge is 2.33. The van der Waals surface area contributed by atoms with Gasteiger partial charge in [0.25, 0.3) is 0 Å². The fraction of sp³-hybridized carbons (Fsp3) is 0.722. The molecule has 8 heteroatoms. The monoisotopic (exact) mass is 362 g/mol. The van der Waals surface area contributed by atoms with E-state index in [1.165, 1.54) is 0 Å². The molecule has 3 heterocycles. The lowest BCUT2D eigenvalue weighted by Crippen LogP contribution is -2.52. The van der Waals surface area contributed by atoms with E-state index in [2.05, 4.69) is 27.1 Å². The number of likely N-dealkylation sites (N-methyl/N-ethyl adjacent to an activating group) is 1. The minimum Gasteiger partial charge on any atom is -0.353 e. The van der Waals surface area contributed by atoms with Crippen molar-refractivity contribution >= 4 is 17.6 Å². The van der Waals surface area contributed by atoms with Crippen molar-refractivity contribution in [2.75, 3.05) is 50.7 Å². The third kappa shape index (κ3) is 4.07. The number of nitrogens with one attached hydrogen (secondary N) is 1. The van der Waals surface area contributed by atoms with Crippen LogP contribution in [0.15, 0.2) is 6.07 Å². The molecule has 2 aliphatic heterocycles. The molecule has 144 valence electrons. The van der Waals surface area contributed by atoms with Crippen LogP contribution < -0.4 is 10.2 Å². The van der Waals surface area contributed by atoms with Crippen molar-refractivity contribution in [1.82, 2.24) is 24.9 Å². The average molecular weight is 362 g/mol. The number of rotatable bonds is 6. The quantitative estimate of drug-likeness (QED) is 0.775. The number of hydrogen-bond donors (Lipinski definition) is 1. The summed E-state index contributed by atoms with van der Waals surface area (Å²) in [5.41, 5.74) is 0.860. The minimum atomic E-state index is -0.533. The number of nitrogens with zero attached hydrogens (tertiary/aromatic N) is 5. The molecule has 1 aromatic rings. The summed E-state index contributed by atoms with van der Waals surface area (Å²) in [5.74, 6) is 0.589. The summed E-state index contributed by atoms with van der Waals surface area (Å²) in [5, 5.41) is 7.39. The first-order valence-electron chi connectivity index (χ1n) is 9.58. The number of piperazine rings is 1. The molecule has 0 saturated carbocycles. The van der Waals surface area contributed by atoms with E-state index in [4.69, 9.17) is 0 Å². The predicted octanol–water partition coefficient (Wildman–Crippen LogP) is 0.0704. The number of carbonyl (C=O) groups excluding carboxylic acids is 2. The molecular weight excluding hydrogens is 332 g/mol. The van der Waals surface area contributed by atoms with Crippen LogP contribution in [0.4, 0.5) is 5.82 Å². The highest BCUT2D eigenvalue weighted by Crippen LogP contribution is 2.24. The maximum Gasteiger partial charge on any atom is 0.243 e. The second-order valence-corrected chi connectivity index (χ2v) is 7.12. The third-order valence-corrected chi connectivity index (χ3v) is 5.34. The fourth-order valence-corrected chi connectivity index (χ4v) is 3.69. The molecule has 2 amide bonds. The largest absolute Gasteiger partial charge is 0.353 e. The second-order valence-electron chi connectivity index (χ2n) is 7.12. The van der Waals surface area contributed by atoms with Gasteiger partial charge in [-0.3, -0.25) is 19.4 Å². The third-order valence-electron chi connectivity index (χ3n) is 5.34. The van der Waals surface area contributed by atoms with Gasteiger partial charge >= 0.3 is 0 Å². The Morgan fingerprint density at radius 3 is 2.62 bits per heavy atom. The molecule has 1 atom stereocenters. The van der Waals surface area contributed by atoms with E-state index in [0.29, 0.717) is 19.5 Å². The molecule has 2 aliphatic rings. The lowest BCUT2D eigenvalue weighted by atomic mass is 10.2. The van der Waals surface area contributed by atoms with Crippen molar-refractivity contribution < 1.29 is 9.59 Å². The molecule has 0 aliphatic carbocycles. The molecule has 0 spiro atoms. The van der Waals surface area contributed by atoms with Gasteiger partial charge in [0.1, 0.15) is 11.9 Å². The van der Waals surface area contributed by atoms with Gasteiger partial charge in [-0.1, -0.05) is 6.92 Å². The van der Waals surface area contributed by atoms with Gasteiger partial charge in [-0.25, -0.2) is 4.68 Å². The van der Waals surface area contributed by atoms with Crippen molar-refractivity contribution in [2.45, 2.75) is 39.8 Å². The van der Waals surface area contributed by atoms with Gasteiger partial charge in [0, 0.05) is 51.8 Å². The number of hydrogen-bond acceptors (Lipinski definition) is 5. The summed E-state index contributed by atoms with van der Waals surface area (Å²) in [7, 11) is 0. The molecule has 1 unspecified atom stereocenters. The van der Waals surface area contributed by atoms with E-state index in [0.717, 1.165) is 50.8 Å². The van der Waals surface area contributed by atoms with Crippen LogP contribution in [0.5, 0.6) is 0 Å². The van der Waals surface area contributed by atoms with Crippen LogP contribution in [0.3, 0.4) is 0 Å². The van der Waals surface area contributed by atoms with Crippen molar-refractivity contribution in [2.24, 2.45) is 0 Å². The van der Waals surface area contributed by atoms with Gasteiger partial charge in [-0.05, 0) is 20.4 Å². The molecule has 0 radical (unpaired) electrons. The van der Waals surface area contributed by atoms with E-state index < -0.39 is 6.04 Å². The Kier molecular flexibility index (Phi) is 5.93. The summed E-state index contributed by atoms with van der Waals surface area (Å²) in [4.78, 5) is 31.4. The Morgan fingerprint density at radius 1 is 1.23 bits per heavy atom. The first-order valence-corrected chi connectivity index (χ1v) is 9.58. The Bertz CT molecular complexity index is 650. The van der Waals surface area contributed by atoms with E-state index >= 15 is 0 Å². The molecule has 1 saturated heterocycles. The van der Waals surface area contributed by atoms with E-state index in [-0.39, 0.29) is 11.8 Å². The lowest BCUT2D eigenvalue weighted by Gasteiger charge is -2.34. The van der Waals surface area contributed by atoms with Crippen LogP contribution in [-0.4, -0.2) is 83.2 Å². The molecule has 1 N–H and O–H groups in total. The summed E-state index contributed by atoms with van der Waals surface area (Å²) < 4.78 is 1.81. The van der Waals surface area contributed by atoms with Gasteiger partial charge in [0.05, 0.1) is 12.2 Å². The number of carbonyl (C=O) groups is 2. The van der Waals surface area contributed by atoms with Crippen molar-refractivity contribution in [3.63, 3.8) is 0 Å². The Morgan fingerprint density at radius 2 is 1.92 bits per heavy atom. The fourth-order valence-electron chi connectivity index (χ4n) is 3.69. The number of aromatic nitrogens is 2. The summed E-state index contributed by atoms with van der Waals surface area (Å²) in [6.07, 6.45) is 0.382. The zero-order valence-corrected chi connectivity index (χ0v) is 16.1. The maximum absolute atomic E-state index is 12.6. The smallest absolute Gasteiger partial charge is 0.243 e. The summed E-state index contributed by atoms with van der Waals surface area (Å²) >= 11 is 0. The van der Waals surface area contributed by atoms with Crippen LogP contribution in [0.2, 0.25) is 0 Å². The van der Waals surface area contributed by atoms with Crippen LogP contribution in [0, 0.1) is 6.92 Å². The molecule has 0 bridgehead atoms. The molecule has 1 aromatic heterocycles. The number of anilines is 1. The first-order chi connectivity index (χ1) is 12.5. The Hall–Kier alpha value is -1.93. The molecule has 3 rings (SSSR count). The van der Waals surface area contributed by atoms with Crippen molar-refractivity contribution in [1.29, 1.82) is 0 Å². The molecule has 8 nitrogen and oxygen atoms in total. The highest BCUT2D eigenvalue weighted by atomic mass is 16.2.